The monoisotopic (exact) mass is 892 g/mol. The summed E-state index contributed by atoms with van der Waals surface area (Å²) in [7, 11) is 3.08. The average Bonchev–Trinajstić information content (AvgIpc) is 4.16. The van der Waals surface area contributed by atoms with Crippen LogP contribution in [0.2, 0.25) is 0 Å². The zero-order valence-corrected chi connectivity index (χ0v) is 39.9. The average molecular weight is 893 g/mol. The first-order chi connectivity index (χ1) is 31.5. The number of hydrogen-bond acceptors (Lipinski definition) is 7. The number of aldehydes is 1. The minimum absolute atomic E-state index is 0.00416. The van der Waals surface area contributed by atoms with Crippen molar-refractivity contribution in [2.24, 2.45) is 17.8 Å². The number of H-pyrrole nitrogens is 2. The molecule has 1 aliphatic rings. The minimum Gasteiger partial charge on any atom is -0.453 e. The first-order valence-corrected chi connectivity index (χ1v) is 23.0. The van der Waals surface area contributed by atoms with Gasteiger partial charge in [-0.2, -0.15) is 10.2 Å². The fraction of sp³-hybridized carbons (Fsp3) is 0.396. The van der Waals surface area contributed by atoms with Crippen LogP contribution < -0.4 is 5.32 Å². The Balaban J connectivity index is 1.14. The fourth-order valence-corrected chi connectivity index (χ4v) is 8.91. The maximum Gasteiger partial charge on any atom is 0.407 e. The van der Waals surface area contributed by atoms with Crippen LogP contribution in [0.15, 0.2) is 97.1 Å². The Morgan fingerprint density at radius 1 is 0.803 bits per heavy atom. The molecule has 3 N–H and O–H groups in total. The van der Waals surface area contributed by atoms with E-state index in [1.54, 1.807) is 11.9 Å². The molecule has 1 saturated heterocycles. The molecule has 3 amide bonds. The van der Waals surface area contributed by atoms with Crippen molar-refractivity contribution in [2.45, 2.75) is 98.2 Å². The second kappa shape index (κ2) is 19.8. The second-order valence-corrected chi connectivity index (χ2v) is 19.2. The summed E-state index contributed by atoms with van der Waals surface area (Å²) in [6, 6.07) is 32.7. The Labute approximate surface area is 388 Å². The SMILES string of the molecule is COC(=O)NC(C(=O)N1CCCC1c1cc(-c2ccc(-c3ccc(-c4ccc(-c5cc(C(C)N(C)C(=O)C(CC=O)C(C)C)[nH]n5)cc4)n3-c3ccc(C(C)(C)C)cc3)cc2)n[nH]1)C(C)C. The van der Waals surface area contributed by atoms with Crippen LogP contribution in [0.4, 0.5) is 4.79 Å². The van der Waals surface area contributed by atoms with Gasteiger partial charge in [-0.05, 0) is 90.1 Å². The summed E-state index contributed by atoms with van der Waals surface area (Å²) in [4.78, 5) is 54.0. The van der Waals surface area contributed by atoms with Crippen LogP contribution >= 0.6 is 0 Å². The van der Waals surface area contributed by atoms with E-state index >= 15 is 0 Å². The maximum atomic E-state index is 13.7. The zero-order valence-electron chi connectivity index (χ0n) is 39.9. The number of amides is 3. The molecular formula is C53H64N8O5. The van der Waals surface area contributed by atoms with Gasteiger partial charge in [0.05, 0.1) is 53.4 Å². The Bertz CT molecular complexity index is 2630. The standard InChI is InChI=1S/C53H64N8O5/c1-32(2)41(27-29-62)50(63)59(9)34(5)42-30-43(56-55-42)35-13-17-37(18-14-35)46-25-26-47(61(46)40-23-21-39(22-24-40)53(6,7)8)38-19-15-36(16-20-38)44-31-45(58-57-44)48-12-11-28-60(48)51(64)49(33(3)4)54-52(65)66-10/h13-26,29-34,41,48-49H,11-12,27-28H2,1-10H3,(H,54,65)(H,55,56)(H,57,58). The molecule has 0 saturated carbocycles. The molecule has 1 aliphatic heterocycles. The second-order valence-electron chi connectivity index (χ2n) is 19.2. The molecule has 1 fully saturated rings. The summed E-state index contributed by atoms with van der Waals surface area (Å²) >= 11 is 0. The number of likely N-dealkylation sites (tertiary alicyclic amines) is 1. The summed E-state index contributed by atoms with van der Waals surface area (Å²) in [6.45, 7) is 17.0. The van der Waals surface area contributed by atoms with E-state index in [0.29, 0.717) is 6.54 Å². The topological polar surface area (TPSA) is 158 Å². The molecule has 346 valence electrons. The first-order valence-electron chi connectivity index (χ1n) is 23.0. The van der Waals surface area contributed by atoms with Gasteiger partial charge in [-0.1, -0.05) is 109 Å². The number of aromatic amines is 2. The zero-order chi connectivity index (χ0) is 47.4. The summed E-state index contributed by atoms with van der Waals surface area (Å²) in [5.74, 6) is -0.615. The third-order valence-corrected chi connectivity index (χ3v) is 13.2. The van der Waals surface area contributed by atoms with Gasteiger partial charge >= 0.3 is 6.09 Å². The number of rotatable bonds is 15. The van der Waals surface area contributed by atoms with Crippen molar-refractivity contribution in [3.05, 3.63) is 114 Å². The van der Waals surface area contributed by atoms with Crippen LogP contribution in [0, 0.1) is 17.8 Å². The lowest BCUT2D eigenvalue weighted by Crippen LogP contribution is -2.51. The lowest BCUT2D eigenvalue weighted by Gasteiger charge is -2.30. The molecule has 7 rings (SSSR count). The molecule has 4 heterocycles. The molecule has 3 aromatic carbocycles. The number of hydrogen-bond donors (Lipinski definition) is 3. The van der Waals surface area contributed by atoms with Gasteiger partial charge in [-0.15, -0.1) is 0 Å². The predicted octanol–water partition coefficient (Wildman–Crippen LogP) is 10.3. The lowest BCUT2D eigenvalue weighted by atomic mass is 9.87. The Morgan fingerprint density at radius 2 is 1.36 bits per heavy atom. The van der Waals surface area contributed by atoms with Crippen LogP contribution in [0.3, 0.4) is 0 Å². The molecule has 13 heteroatoms. The number of carbonyl (C=O) groups excluding carboxylic acids is 4. The van der Waals surface area contributed by atoms with Gasteiger partial charge in [0.2, 0.25) is 11.8 Å². The highest BCUT2D eigenvalue weighted by molar-refractivity contribution is 5.86. The number of aromatic nitrogens is 5. The van der Waals surface area contributed by atoms with Gasteiger partial charge in [0.15, 0.2) is 0 Å². The number of ether oxygens (including phenoxy) is 1. The van der Waals surface area contributed by atoms with Gasteiger partial charge in [-0.25, -0.2) is 4.79 Å². The van der Waals surface area contributed by atoms with Crippen molar-refractivity contribution in [1.29, 1.82) is 0 Å². The van der Waals surface area contributed by atoms with E-state index in [0.717, 1.165) is 81.2 Å². The fourth-order valence-electron chi connectivity index (χ4n) is 8.91. The predicted molar refractivity (Wildman–Crippen MR) is 259 cm³/mol. The van der Waals surface area contributed by atoms with Crippen LogP contribution in [0.5, 0.6) is 0 Å². The van der Waals surface area contributed by atoms with Crippen LogP contribution in [-0.4, -0.2) is 85.7 Å². The maximum absolute atomic E-state index is 13.7. The molecular weight excluding hydrogens is 829 g/mol. The summed E-state index contributed by atoms with van der Waals surface area (Å²) in [5, 5.41) is 18.4. The van der Waals surface area contributed by atoms with Crippen molar-refractivity contribution >= 4 is 24.2 Å². The van der Waals surface area contributed by atoms with Gasteiger partial charge in [-0.3, -0.25) is 19.8 Å². The molecule has 0 spiro atoms. The van der Waals surface area contributed by atoms with Crippen LogP contribution in [0.1, 0.15) is 104 Å². The quantitative estimate of drug-likeness (QED) is 0.0866. The molecule has 0 bridgehead atoms. The third-order valence-electron chi connectivity index (χ3n) is 13.2. The van der Waals surface area contributed by atoms with E-state index in [-0.39, 0.29) is 53.5 Å². The van der Waals surface area contributed by atoms with Gasteiger partial charge in [0.25, 0.3) is 0 Å². The van der Waals surface area contributed by atoms with Crippen molar-refractivity contribution < 1.29 is 23.9 Å². The summed E-state index contributed by atoms with van der Waals surface area (Å²) in [6.07, 6.45) is 2.05. The number of methoxy groups -OCH3 is 1. The van der Waals surface area contributed by atoms with Crippen LogP contribution in [0.25, 0.3) is 50.7 Å². The largest absolute Gasteiger partial charge is 0.453 e. The van der Waals surface area contributed by atoms with Crippen molar-refractivity contribution in [1.82, 2.24) is 40.1 Å². The normalized spacial score (nSPS) is 15.5. The molecule has 0 radical (unpaired) electrons. The highest BCUT2D eigenvalue weighted by Crippen LogP contribution is 2.37. The number of nitrogens with one attached hydrogen (secondary N) is 3. The first kappa shape index (κ1) is 47.2. The molecule has 3 aromatic heterocycles. The number of carbonyl (C=O) groups is 4. The van der Waals surface area contributed by atoms with Gasteiger partial charge in [0, 0.05) is 42.7 Å². The van der Waals surface area contributed by atoms with E-state index in [4.69, 9.17) is 4.74 Å². The van der Waals surface area contributed by atoms with E-state index in [1.807, 2.05) is 51.7 Å². The molecule has 4 unspecified atom stereocenters. The van der Waals surface area contributed by atoms with E-state index in [1.165, 1.54) is 12.7 Å². The van der Waals surface area contributed by atoms with Gasteiger partial charge < -0.3 is 29.2 Å². The van der Waals surface area contributed by atoms with E-state index in [2.05, 4.69) is 136 Å². The molecule has 13 nitrogen and oxygen atoms in total. The number of benzene rings is 3. The molecule has 4 atom stereocenters. The highest BCUT2D eigenvalue weighted by atomic mass is 16.5. The Kier molecular flexibility index (Phi) is 14.1. The summed E-state index contributed by atoms with van der Waals surface area (Å²) in [5.41, 5.74) is 11.5. The van der Waals surface area contributed by atoms with Gasteiger partial charge in [0.1, 0.15) is 12.3 Å². The lowest BCUT2D eigenvalue weighted by molar-refractivity contribution is -0.139. The third kappa shape index (κ3) is 9.90. The number of alkyl carbamates (subject to hydrolysis) is 1. The van der Waals surface area contributed by atoms with E-state index < -0.39 is 12.1 Å². The van der Waals surface area contributed by atoms with Crippen LogP contribution in [-0.2, 0) is 24.5 Å². The molecule has 0 aliphatic carbocycles. The highest BCUT2D eigenvalue weighted by Gasteiger charge is 2.37. The van der Waals surface area contributed by atoms with Crippen molar-refractivity contribution in [3.8, 4) is 50.7 Å². The van der Waals surface area contributed by atoms with Crippen molar-refractivity contribution in [3.63, 3.8) is 0 Å². The Morgan fingerprint density at radius 3 is 1.89 bits per heavy atom. The molecule has 6 aromatic rings. The Hall–Kier alpha value is -6.76. The molecule has 66 heavy (non-hydrogen) atoms. The minimum atomic E-state index is -0.694. The number of nitrogens with zero attached hydrogens (tertiary/aromatic N) is 5. The van der Waals surface area contributed by atoms with Crippen molar-refractivity contribution in [2.75, 3.05) is 20.7 Å². The van der Waals surface area contributed by atoms with E-state index in [9.17, 15) is 19.2 Å². The summed E-state index contributed by atoms with van der Waals surface area (Å²) < 4.78 is 7.10. The smallest absolute Gasteiger partial charge is 0.407 e.